The monoisotopic (exact) mass is 138 g/mol. The van der Waals surface area contributed by atoms with Crippen molar-refractivity contribution in [3.8, 4) is 0 Å². The van der Waals surface area contributed by atoms with Crippen molar-refractivity contribution in [2.24, 2.45) is 5.92 Å². The van der Waals surface area contributed by atoms with E-state index in [-0.39, 0.29) is 5.92 Å². The van der Waals surface area contributed by atoms with E-state index in [1.165, 1.54) is 5.57 Å². The van der Waals surface area contributed by atoms with E-state index in [2.05, 4.69) is 6.92 Å². The second kappa shape index (κ2) is 2.57. The van der Waals surface area contributed by atoms with E-state index in [1.54, 1.807) is 0 Å². The molecule has 0 heterocycles. The molecule has 1 rings (SSSR count). The summed E-state index contributed by atoms with van der Waals surface area (Å²) in [4.78, 5) is 11.2. The minimum absolute atomic E-state index is 0.259. The van der Waals surface area contributed by atoms with Gasteiger partial charge in [-0.15, -0.1) is 0 Å². The number of allylic oxidation sites excluding steroid dienone is 2. The van der Waals surface area contributed by atoms with Crippen LogP contribution in [0.25, 0.3) is 0 Å². The number of ketones is 1. The minimum Gasteiger partial charge on any atom is -0.294 e. The van der Waals surface area contributed by atoms with E-state index in [9.17, 15) is 4.79 Å². The first-order valence-electron chi connectivity index (χ1n) is 3.89. The first-order chi connectivity index (χ1) is 4.66. The Kier molecular flexibility index (Phi) is 1.93. The first kappa shape index (κ1) is 7.52. The van der Waals surface area contributed by atoms with Gasteiger partial charge in [0.1, 0.15) is 0 Å². The van der Waals surface area contributed by atoms with Gasteiger partial charge in [-0.3, -0.25) is 4.79 Å². The Morgan fingerprint density at radius 3 is 2.40 bits per heavy atom. The van der Waals surface area contributed by atoms with Crippen molar-refractivity contribution < 1.29 is 4.79 Å². The van der Waals surface area contributed by atoms with Gasteiger partial charge in [0.05, 0.1) is 0 Å². The standard InChI is InChI=1S/C9H14O/c1-4-8-5-6(2)9(10)7(8)3/h6H,4-5H2,1-3H3. The zero-order chi connectivity index (χ0) is 7.72. The maximum absolute atomic E-state index is 11.2. The molecule has 0 aromatic carbocycles. The molecular weight excluding hydrogens is 124 g/mol. The topological polar surface area (TPSA) is 17.1 Å². The lowest BCUT2D eigenvalue weighted by Crippen LogP contribution is -2.03. The maximum Gasteiger partial charge on any atom is 0.161 e. The Labute approximate surface area is 62.1 Å². The van der Waals surface area contributed by atoms with E-state index in [0.29, 0.717) is 5.78 Å². The largest absolute Gasteiger partial charge is 0.294 e. The molecule has 56 valence electrons. The van der Waals surface area contributed by atoms with Crippen molar-refractivity contribution in [3.05, 3.63) is 11.1 Å². The zero-order valence-corrected chi connectivity index (χ0v) is 6.90. The third-order valence-corrected chi connectivity index (χ3v) is 2.33. The smallest absolute Gasteiger partial charge is 0.161 e. The van der Waals surface area contributed by atoms with Gasteiger partial charge < -0.3 is 0 Å². The molecule has 0 radical (unpaired) electrons. The Morgan fingerprint density at radius 2 is 2.20 bits per heavy atom. The van der Waals surface area contributed by atoms with E-state index in [1.807, 2.05) is 13.8 Å². The Morgan fingerprint density at radius 1 is 1.60 bits per heavy atom. The molecule has 1 aliphatic carbocycles. The maximum atomic E-state index is 11.2. The molecule has 0 aliphatic heterocycles. The van der Waals surface area contributed by atoms with Crippen LogP contribution in [0.1, 0.15) is 33.6 Å². The Balaban J connectivity index is 2.83. The van der Waals surface area contributed by atoms with Crippen molar-refractivity contribution in [2.45, 2.75) is 33.6 Å². The molecule has 0 amide bonds. The summed E-state index contributed by atoms with van der Waals surface area (Å²) in [6.45, 7) is 6.07. The normalized spacial score (nSPS) is 26.3. The summed E-state index contributed by atoms with van der Waals surface area (Å²) in [6.07, 6.45) is 2.04. The molecule has 1 aliphatic rings. The van der Waals surface area contributed by atoms with Gasteiger partial charge in [-0.1, -0.05) is 19.4 Å². The number of carbonyl (C=O) groups is 1. The molecule has 0 aromatic rings. The highest BCUT2D eigenvalue weighted by Crippen LogP contribution is 2.29. The number of hydrogen-bond donors (Lipinski definition) is 0. The van der Waals surface area contributed by atoms with Crippen molar-refractivity contribution >= 4 is 5.78 Å². The predicted molar refractivity (Wildman–Crippen MR) is 41.8 cm³/mol. The van der Waals surface area contributed by atoms with Crippen LogP contribution in [-0.4, -0.2) is 5.78 Å². The van der Waals surface area contributed by atoms with Crippen LogP contribution < -0.4 is 0 Å². The van der Waals surface area contributed by atoms with Crippen molar-refractivity contribution in [3.63, 3.8) is 0 Å². The molecule has 0 saturated carbocycles. The van der Waals surface area contributed by atoms with E-state index in [4.69, 9.17) is 0 Å². The van der Waals surface area contributed by atoms with E-state index < -0.39 is 0 Å². The number of rotatable bonds is 1. The van der Waals surface area contributed by atoms with Gasteiger partial charge in [-0.05, 0) is 25.3 Å². The number of carbonyl (C=O) groups excluding carboxylic acids is 1. The molecule has 0 fully saturated rings. The summed E-state index contributed by atoms with van der Waals surface area (Å²) in [6, 6.07) is 0. The third-order valence-electron chi connectivity index (χ3n) is 2.33. The molecule has 0 N–H and O–H groups in total. The Bertz CT molecular complexity index is 189. The molecule has 0 spiro atoms. The first-order valence-corrected chi connectivity index (χ1v) is 3.89. The van der Waals surface area contributed by atoms with Crippen LogP contribution in [-0.2, 0) is 4.79 Å². The fourth-order valence-corrected chi connectivity index (χ4v) is 1.57. The second-order valence-corrected chi connectivity index (χ2v) is 3.05. The van der Waals surface area contributed by atoms with Gasteiger partial charge in [0.25, 0.3) is 0 Å². The minimum atomic E-state index is 0.259. The van der Waals surface area contributed by atoms with Gasteiger partial charge in [0, 0.05) is 5.92 Å². The van der Waals surface area contributed by atoms with E-state index >= 15 is 0 Å². The number of Topliss-reactive ketones (excluding diaryl/α,β-unsaturated/α-hetero) is 1. The lowest BCUT2D eigenvalue weighted by Gasteiger charge is -1.96. The van der Waals surface area contributed by atoms with Crippen molar-refractivity contribution in [2.75, 3.05) is 0 Å². The molecule has 1 atom stereocenters. The summed E-state index contributed by atoms with van der Waals surface area (Å²) in [5.41, 5.74) is 2.38. The van der Waals surface area contributed by atoms with Gasteiger partial charge in [-0.25, -0.2) is 0 Å². The van der Waals surface area contributed by atoms with Gasteiger partial charge in [0.15, 0.2) is 5.78 Å². The third kappa shape index (κ3) is 1.00. The molecule has 0 bridgehead atoms. The van der Waals surface area contributed by atoms with Crippen LogP contribution in [0.3, 0.4) is 0 Å². The molecule has 1 unspecified atom stereocenters. The van der Waals surface area contributed by atoms with Crippen LogP contribution >= 0.6 is 0 Å². The summed E-state index contributed by atoms with van der Waals surface area (Å²) in [5.74, 6) is 0.617. The molecule has 1 nitrogen and oxygen atoms in total. The molecule has 10 heavy (non-hydrogen) atoms. The van der Waals surface area contributed by atoms with Crippen LogP contribution in [0.4, 0.5) is 0 Å². The van der Waals surface area contributed by atoms with Gasteiger partial charge >= 0.3 is 0 Å². The average Bonchev–Trinajstić information content (AvgIpc) is 2.17. The van der Waals surface area contributed by atoms with Crippen LogP contribution in [0.15, 0.2) is 11.1 Å². The molecule has 1 heteroatoms. The zero-order valence-electron chi connectivity index (χ0n) is 6.90. The highest BCUT2D eigenvalue weighted by molar-refractivity contribution is 5.99. The predicted octanol–water partition coefficient (Wildman–Crippen LogP) is 2.32. The van der Waals surface area contributed by atoms with Crippen LogP contribution in [0, 0.1) is 5.92 Å². The molecule has 0 saturated heterocycles. The average molecular weight is 138 g/mol. The second-order valence-electron chi connectivity index (χ2n) is 3.05. The summed E-state index contributed by atoms with van der Waals surface area (Å²) < 4.78 is 0. The van der Waals surface area contributed by atoms with Gasteiger partial charge in [-0.2, -0.15) is 0 Å². The summed E-state index contributed by atoms with van der Waals surface area (Å²) in [5, 5.41) is 0. The highest BCUT2D eigenvalue weighted by atomic mass is 16.1. The highest BCUT2D eigenvalue weighted by Gasteiger charge is 2.24. The molecular formula is C9H14O. The molecule has 0 aromatic heterocycles. The van der Waals surface area contributed by atoms with Gasteiger partial charge in [0.2, 0.25) is 0 Å². The SMILES string of the molecule is CCC1=C(C)C(=O)C(C)C1. The Hall–Kier alpha value is -0.590. The van der Waals surface area contributed by atoms with E-state index in [0.717, 1.165) is 18.4 Å². The van der Waals surface area contributed by atoms with Crippen LogP contribution in [0.2, 0.25) is 0 Å². The quantitative estimate of drug-likeness (QED) is 0.543. The fraction of sp³-hybridized carbons (Fsp3) is 0.667. The van der Waals surface area contributed by atoms with Crippen molar-refractivity contribution in [1.29, 1.82) is 0 Å². The summed E-state index contributed by atoms with van der Waals surface area (Å²) >= 11 is 0. The fourth-order valence-electron chi connectivity index (χ4n) is 1.57. The summed E-state index contributed by atoms with van der Waals surface area (Å²) in [7, 11) is 0. The number of hydrogen-bond acceptors (Lipinski definition) is 1. The lowest BCUT2D eigenvalue weighted by molar-refractivity contribution is -0.117. The lowest BCUT2D eigenvalue weighted by atomic mass is 10.1. The van der Waals surface area contributed by atoms with Crippen molar-refractivity contribution in [1.82, 2.24) is 0 Å². The van der Waals surface area contributed by atoms with Crippen LogP contribution in [0.5, 0.6) is 0 Å².